The van der Waals surface area contributed by atoms with E-state index in [1.54, 1.807) is 6.07 Å². The molecule has 2 aromatic rings. The first-order chi connectivity index (χ1) is 15.8. The molecular weight excluding hydrogens is 567 g/mol. The summed E-state index contributed by atoms with van der Waals surface area (Å²) in [5, 5.41) is 16.4. The maximum Gasteiger partial charge on any atom is 0.490 e. The monoisotopic (exact) mass is 587 g/mol. The van der Waals surface area contributed by atoms with Crippen molar-refractivity contribution in [3.63, 3.8) is 0 Å². The summed E-state index contributed by atoms with van der Waals surface area (Å²) in [5.41, 5.74) is 0.135. The number of sulfonamides is 1. The van der Waals surface area contributed by atoms with Gasteiger partial charge in [0, 0.05) is 19.3 Å². The Balaban J connectivity index is 0.000000509. The summed E-state index contributed by atoms with van der Waals surface area (Å²) < 4.78 is 60.6. The number of nitrogens with zero attached hydrogens (tertiary/aromatic N) is 2. The number of carboxylic acids is 2. The Morgan fingerprint density at radius 2 is 1.65 bits per heavy atom. The number of hydrogen-bond donors (Lipinski definition) is 3. The Morgan fingerprint density at radius 3 is 2.12 bits per heavy atom. The second kappa shape index (κ2) is 11.8. The van der Waals surface area contributed by atoms with Crippen molar-refractivity contribution in [2.75, 3.05) is 22.7 Å². The van der Waals surface area contributed by atoms with Gasteiger partial charge in [0.1, 0.15) is 4.21 Å². The molecule has 0 spiro atoms. The van der Waals surface area contributed by atoms with Crippen LogP contribution in [-0.2, 0) is 14.8 Å². The number of aliphatic carboxylic acids is 1. The normalized spacial score (nSPS) is 14.9. The molecule has 0 atom stereocenters. The number of halogens is 4. The summed E-state index contributed by atoms with van der Waals surface area (Å²) in [7, 11) is -3.83. The highest BCUT2D eigenvalue weighted by Crippen LogP contribution is 2.32. The smallest absolute Gasteiger partial charge is 0.478 e. The molecule has 0 bridgehead atoms. The maximum absolute atomic E-state index is 12.7. The van der Waals surface area contributed by atoms with Gasteiger partial charge in [0.05, 0.1) is 15.0 Å². The van der Waals surface area contributed by atoms with Crippen LogP contribution in [0, 0.1) is 0 Å². The summed E-state index contributed by atoms with van der Waals surface area (Å²) in [6, 6.07) is 4.50. The number of aromatic nitrogens is 1. The van der Waals surface area contributed by atoms with Crippen molar-refractivity contribution in [3.05, 3.63) is 33.7 Å². The number of pyridine rings is 1. The third-order valence-corrected chi connectivity index (χ3v) is 8.05. The number of carboxylic acid groups (broad SMARTS) is 2. The van der Waals surface area contributed by atoms with Gasteiger partial charge in [0.25, 0.3) is 10.0 Å². The zero-order valence-electron chi connectivity index (χ0n) is 17.5. The average molecular weight is 588 g/mol. The second-order valence-corrected chi connectivity index (χ2v) is 11.5. The van der Waals surface area contributed by atoms with Crippen molar-refractivity contribution in [1.29, 1.82) is 0 Å². The third-order valence-electron chi connectivity index (χ3n) is 4.57. The quantitative estimate of drug-likeness (QED) is 0.453. The molecule has 34 heavy (non-hydrogen) atoms. The van der Waals surface area contributed by atoms with Crippen LogP contribution in [0.2, 0.25) is 0 Å². The molecule has 15 heteroatoms. The van der Waals surface area contributed by atoms with E-state index < -0.39 is 28.1 Å². The Kier molecular flexibility index (Phi) is 9.70. The van der Waals surface area contributed by atoms with Gasteiger partial charge in [-0.05, 0) is 47.0 Å². The number of anilines is 2. The van der Waals surface area contributed by atoms with E-state index >= 15 is 0 Å². The Labute approximate surface area is 205 Å². The summed E-state index contributed by atoms with van der Waals surface area (Å²) >= 11 is 4.35. The van der Waals surface area contributed by atoms with Crippen LogP contribution in [0.25, 0.3) is 0 Å². The van der Waals surface area contributed by atoms with Gasteiger partial charge in [-0.25, -0.2) is 23.0 Å². The van der Waals surface area contributed by atoms with Gasteiger partial charge in [-0.3, -0.25) is 4.72 Å². The lowest BCUT2D eigenvalue weighted by Gasteiger charge is -2.27. The fraction of sp³-hybridized carbons (Fsp3) is 0.421. The lowest BCUT2D eigenvalue weighted by molar-refractivity contribution is -0.192. The van der Waals surface area contributed by atoms with Crippen molar-refractivity contribution >= 4 is 60.7 Å². The van der Waals surface area contributed by atoms with Crippen molar-refractivity contribution in [2.45, 2.75) is 42.5 Å². The lowest BCUT2D eigenvalue weighted by atomic mass is 10.1. The van der Waals surface area contributed by atoms with E-state index in [-0.39, 0.29) is 15.5 Å². The molecule has 2 aromatic heterocycles. The molecule has 1 saturated heterocycles. The van der Waals surface area contributed by atoms with E-state index in [1.807, 2.05) is 4.90 Å². The lowest BCUT2D eigenvalue weighted by Crippen LogP contribution is -2.29. The first-order valence-electron chi connectivity index (χ1n) is 9.88. The summed E-state index contributed by atoms with van der Waals surface area (Å²) in [5.74, 6) is -3.44. The van der Waals surface area contributed by atoms with Gasteiger partial charge < -0.3 is 15.1 Å². The fourth-order valence-corrected chi connectivity index (χ4v) is 6.06. The minimum atomic E-state index is -5.08. The van der Waals surface area contributed by atoms with E-state index in [0.29, 0.717) is 9.60 Å². The highest BCUT2D eigenvalue weighted by Gasteiger charge is 2.38. The molecule has 1 aliphatic rings. The highest BCUT2D eigenvalue weighted by atomic mass is 79.9. The number of carbonyl (C=O) groups is 2. The summed E-state index contributed by atoms with van der Waals surface area (Å²) in [6.07, 6.45) is 1.61. The minimum absolute atomic E-state index is 0.0594. The predicted octanol–water partition coefficient (Wildman–Crippen LogP) is 4.81. The van der Waals surface area contributed by atoms with Crippen LogP contribution in [0.3, 0.4) is 0 Å². The van der Waals surface area contributed by atoms with Gasteiger partial charge in [-0.2, -0.15) is 13.2 Å². The van der Waals surface area contributed by atoms with Crippen LogP contribution in [-0.4, -0.2) is 54.8 Å². The van der Waals surface area contributed by atoms with Crippen LogP contribution >= 0.6 is 27.3 Å². The SMILES string of the molecule is O=C(O)C(F)(F)F.O=C(O)c1cnc(N2CCCCCCC2)c(NS(=O)(=O)c2ccc(Br)s2)c1. The number of aromatic carboxylic acids is 1. The van der Waals surface area contributed by atoms with E-state index in [4.69, 9.17) is 9.90 Å². The van der Waals surface area contributed by atoms with Crippen LogP contribution in [0.5, 0.6) is 0 Å². The molecule has 188 valence electrons. The fourth-order valence-electron chi connectivity index (χ4n) is 3.00. The summed E-state index contributed by atoms with van der Waals surface area (Å²) in [4.78, 5) is 26.6. The van der Waals surface area contributed by atoms with E-state index in [1.165, 1.54) is 24.8 Å². The van der Waals surface area contributed by atoms with Gasteiger partial charge >= 0.3 is 18.1 Å². The standard InChI is InChI=1S/C17H20BrN3O4S2.C2HF3O2/c18-14-6-7-15(26-14)27(24,25)20-13-10-12(17(22)23)11-19-16(13)21-8-4-2-1-3-5-9-21;3-2(4,5)1(6)7/h6-7,10-11,20H,1-5,8-9H2,(H,22,23);(H,6,7). The minimum Gasteiger partial charge on any atom is -0.478 e. The van der Waals surface area contributed by atoms with Gasteiger partial charge in [0.15, 0.2) is 5.82 Å². The first kappa shape index (κ1) is 27.9. The summed E-state index contributed by atoms with van der Waals surface area (Å²) in [6.45, 7) is 1.53. The Bertz CT molecular complexity index is 1120. The van der Waals surface area contributed by atoms with Crippen LogP contribution in [0.1, 0.15) is 42.5 Å². The van der Waals surface area contributed by atoms with Crippen molar-refractivity contribution < 1.29 is 41.4 Å². The second-order valence-electron chi connectivity index (χ2n) is 7.12. The van der Waals surface area contributed by atoms with Crippen molar-refractivity contribution in [3.8, 4) is 0 Å². The van der Waals surface area contributed by atoms with Crippen LogP contribution in [0.4, 0.5) is 24.7 Å². The molecule has 9 nitrogen and oxygen atoms in total. The average Bonchev–Trinajstić information content (AvgIpc) is 3.15. The highest BCUT2D eigenvalue weighted by molar-refractivity contribution is 9.11. The number of alkyl halides is 3. The molecule has 3 rings (SSSR count). The van der Waals surface area contributed by atoms with Gasteiger partial charge in [-0.1, -0.05) is 19.3 Å². The zero-order chi connectivity index (χ0) is 25.5. The van der Waals surface area contributed by atoms with Gasteiger partial charge in [0.2, 0.25) is 0 Å². The molecule has 1 fully saturated rings. The van der Waals surface area contributed by atoms with E-state index in [2.05, 4.69) is 25.6 Å². The molecule has 0 aromatic carbocycles. The largest absolute Gasteiger partial charge is 0.490 e. The van der Waals surface area contributed by atoms with Crippen molar-refractivity contribution in [1.82, 2.24) is 4.98 Å². The van der Waals surface area contributed by atoms with Crippen LogP contribution < -0.4 is 9.62 Å². The molecule has 3 N–H and O–H groups in total. The maximum atomic E-state index is 12.7. The Hall–Kier alpha value is -2.39. The van der Waals surface area contributed by atoms with E-state index in [0.717, 1.165) is 50.1 Å². The predicted molar refractivity (Wildman–Crippen MR) is 123 cm³/mol. The first-order valence-corrected chi connectivity index (χ1v) is 13.0. The molecule has 3 heterocycles. The van der Waals surface area contributed by atoms with Crippen LogP contribution in [0.15, 0.2) is 32.4 Å². The number of nitrogens with one attached hydrogen (secondary N) is 1. The third kappa shape index (κ3) is 8.13. The molecule has 0 saturated carbocycles. The molecule has 0 aliphatic carbocycles. The number of hydrogen-bond acceptors (Lipinski definition) is 7. The molecule has 1 aliphatic heterocycles. The molecular formula is C19H21BrF3N3O6S2. The Morgan fingerprint density at radius 1 is 1.09 bits per heavy atom. The van der Waals surface area contributed by atoms with E-state index in [9.17, 15) is 31.5 Å². The number of thiophene rings is 1. The molecule has 0 amide bonds. The number of rotatable bonds is 5. The topological polar surface area (TPSA) is 137 Å². The zero-order valence-corrected chi connectivity index (χ0v) is 20.7. The van der Waals surface area contributed by atoms with Gasteiger partial charge in [-0.15, -0.1) is 11.3 Å². The molecule has 0 unspecified atom stereocenters. The van der Waals surface area contributed by atoms with Crippen molar-refractivity contribution in [2.24, 2.45) is 0 Å². The molecule has 0 radical (unpaired) electrons.